The van der Waals surface area contributed by atoms with E-state index in [0.29, 0.717) is 5.75 Å². The SMILES string of the molecule is COP(=O)(C=COCC(=O)Oc1ccccc1)OC. The van der Waals surface area contributed by atoms with Gasteiger partial charge in [0.2, 0.25) is 0 Å². The summed E-state index contributed by atoms with van der Waals surface area (Å²) in [6.45, 7) is -0.307. The number of esters is 1. The van der Waals surface area contributed by atoms with E-state index < -0.39 is 13.6 Å². The number of carbonyl (C=O) groups is 1. The Balaban J connectivity index is 2.35. The van der Waals surface area contributed by atoms with E-state index in [1.165, 1.54) is 14.2 Å². The van der Waals surface area contributed by atoms with E-state index >= 15 is 0 Å². The Labute approximate surface area is 111 Å². The zero-order valence-corrected chi connectivity index (χ0v) is 11.5. The van der Waals surface area contributed by atoms with Crippen LogP contribution in [-0.2, 0) is 23.1 Å². The summed E-state index contributed by atoms with van der Waals surface area (Å²) in [5.41, 5.74) is 0. The minimum absolute atomic E-state index is 0.307. The summed E-state index contributed by atoms with van der Waals surface area (Å²) in [6, 6.07) is 8.60. The van der Waals surface area contributed by atoms with Gasteiger partial charge < -0.3 is 18.5 Å². The van der Waals surface area contributed by atoms with Gasteiger partial charge in [0, 0.05) is 14.2 Å². The molecule has 0 aliphatic carbocycles. The Morgan fingerprint density at radius 1 is 1.21 bits per heavy atom. The lowest BCUT2D eigenvalue weighted by molar-refractivity contribution is -0.137. The molecule has 0 N–H and O–H groups in total. The summed E-state index contributed by atoms with van der Waals surface area (Å²) < 4.78 is 30.7. The molecule has 0 fully saturated rings. The van der Waals surface area contributed by atoms with E-state index in [1.54, 1.807) is 24.3 Å². The van der Waals surface area contributed by atoms with Crippen LogP contribution in [0.4, 0.5) is 0 Å². The van der Waals surface area contributed by atoms with Crippen molar-refractivity contribution < 1.29 is 27.9 Å². The molecule has 0 aliphatic heterocycles. The third kappa shape index (κ3) is 5.70. The van der Waals surface area contributed by atoms with E-state index in [0.717, 1.165) is 12.1 Å². The largest absolute Gasteiger partial charge is 0.489 e. The first kappa shape index (κ1) is 15.4. The minimum Gasteiger partial charge on any atom is -0.489 e. The van der Waals surface area contributed by atoms with Gasteiger partial charge in [-0.1, -0.05) is 18.2 Å². The first-order chi connectivity index (χ1) is 9.09. The topological polar surface area (TPSA) is 71.1 Å². The normalized spacial score (nSPS) is 11.5. The van der Waals surface area contributed by atoms with Gasteiger partial charge in [-0.3, -0.25) is 4.57 Å². The molecule has 7 heteroatoms. The van der Waals surface area contributed by atoms with Crippen LogP contribution in [0.25, 0.3) is 0 Å². The van der Waals surface area contributed by atoms with Crippen molar-refractivity contribution in [3.63, 3.8) is 0 Å². The highest BCUT2D eigenvalue weighted by Crippen LogP contribution is 2.47. The average molecular weight is 286 g/mol. The molecule has 0 bridgehead atoms. The first-order valence-corrected chi connectivity index (χ1v) is 6.97. The second-order valence-electron chi connectivity index (χ2n) is 3.29. The molecule has 0 aromatic heterocycles. The van der Waals surface area contributed by atoms with Gasteiger partial charge in [0.05, 0.1) is 12.1 Å². The van der Waals surface area contributed by atoms with Crippen LogP contribution in [0.2, 0.25) is 0 Å². The maximum absolute atomic E-state index is 11.6. The van der Waals surface area contributed by atoms with Gasteiger partial charge in [-0.25, -0.2) is 4.79 Å². The van der Waals surface area contributed by atoms with Crippen LogP contribution >= 0.6 is 7.60 Å². The minimum atomic E-state index is -3.27. The second-order valence-corrected chi connectivity index (χ2v) is 5.40. The molecule has 0 saturated heterocycles. The summed E-state index contributed by atoms with van der Waals surface area (Å²) in [4.78, 5) is 11.4. The van der Waals surface area contributed by atoms with Gasteiger partial charge in [0.15, 0.2) is 6.61 Å². The predicted molar refractivity (Wildman–Crippen MR) is 68.8 cm³/mol. The van der Waals surface area contributed by atoms with Crippen molar-refractivity contribution in [2.45, 2.75) is 0 Å². The highest BCUT2D eigenvalue weighted by molar-refractivity contribution is 7.57. The van der Waals surface area contributed by atoms with Crippen molar-refractivity contribution in [2.75, 3.05) is 20.8 Å². The van der Waals surface area contributed by atoms with Gasteiger partial charge in [0.25, 0.3) is 0 Å². The van der Waals surface area contributed by atoms with Crippen LogP contribution in [0.3, 0.4) is 0 Å². The third-order valence-electron chi connectivity index (χ3n) is 2.02. The summed E-state index contributed by atoms with van der Waals surface area (Å²) in [6.07, 6.45) is 1.08. The Morgan fingerprint density at radius 3 is 2.42 bits per heavy atom. The molecule has 0 saturated carbocycles. The Kier molecular flexibility index (Phi) is 6.29. The van der Waals surface area contributed by atoms with Crippen molar-refractivity contribution in [1.82, 2.24) is 0 Å². The van der Waals surface area contributed by atoms with Gasteiger partial charge >= 0.3 is 13.6 Å². The van der Waals surface area contributed by atoms with Crippen LogP contribution in [0.5, 0.6) is 5.75 Å². The van der Waals surface area contributed by atoms with Gasteiger partial charge in [-0.2, -0.15) is 0 Å². The van der Waals surface area contributed by atoms with Crippen molar-refractivity contribution in [3.05, 3.63) is 42.4 Å². The summed E-state index contributed by atoms with van der Waals surface area (Å²) in [5.74, 6) is 0.975. The number of ether oxygens (including phenoxy) is 2. The number of benzene rings is 1. The molecule has 1 aromatic rings. The van der Waals surface area contributed by atoms with Gasteiger partial charge in [0.1, 0.15) is 5.75 Å². The fraction of sp³-hybridized carbons (Fsp3) is 0.250. The van der Waals surface area contributed by atoms with Crippen LogP contribution in [0.1, 0.15) is 0 Å². The van der Waals surface area contributed by atoms with Crippen molar-refractivity contribution in [2.24, 2.45) is 0 Å². The monoisotopic (exact) mass is 286 g/mol. The highest BCUT2D eigenvalue weighted by atomic mass is 31.2. The van der Waals surface area contributed by atoms with Crippen LogP contribution in [-0.4, -0.2) is 26.8 Å². The Bertz CT molecular complexity index is 462. The fourth-order valence-electron chi connectivity index (χ4n) is 1.08. The molecule has 0 radical (unpaired) electrons. The van der Waals surface area contributed by atoms with Crippen molar-refractivity contribution in [1.29, 1.82) is 0 Å². The average Bonchev–Trinajstić information content (AvgIpc) is 2.44. The number of hydrogen-bond acceptors (Lipinski definition) is 6. The lowest BCUT2D eigenvalue weighted by Gasteiger charge is -2.08. The zero-order chi connectivity index (χ0) is 14.1. The highest BCUT2D eigenvalue weighted by Gasteiger charge is 2.15. The molecule has 0 spiro atoms. The molecule has 6 nitrogen and oxygen atoms in total. The summed E-state index contributed by atoms with van der Waals surface area (Å²) in [7, 11) is -0.769. The number of rotatable bonds is 7. The zero-order valence-electron chi connectivity index (χ0n) is 10.6. The van der Waals surface area contributed by atoms with Crippen LogP contribution in [0, 0.1) is 0 Å². The van der Waals surface area contributed by atoms with Crippen LogP contribution < -0.4 is 4.74 Å². The maximum atomic E-state index is 11.6. The van der Waals surface area contributed by atoms with Gasteiger partial charge in [-0.15, -0.1) is 0 Å². The molecular weight excluding hydrogens is 271 g/mol. The number of para-hydroxylation sites is 1. The first-order valence-electron chi connectivity index (χ1n) is 5.36. The molecule has 0 unspecified atom stereocenters. The number of hydrogen-bond donors (Lipinski definition) is 0. The van der Waals surface area contributed by atoms with E-state index in [2.05, 4.69) is 9.05 Å². The predicted octanol–water partition coefficient (Wildman–Crippen LogP) is 2.57. The molecular formula is C12H15O6P. The molecule has 1 rings (SSSR count). The quantitative estimate of drug-likeness (QED) is 0.332. The fourth-order valence-corrected chi connectivity index (χ4v) is 1.71. The molecule has 0 heterocycles. The van der Waals surface area contributed by atoms with Crippen molar-refractivity contribution in [3.8, 4) is 5.75 Å². The van der Waals surface area contributed by atoms with E-state index in [1.807, 2.05) is 6.07 Å². The molecule has 0 atom stereocenters. The molecule has 0 aliphatic rings. The molecule has 104 valence electrons. The summed E-state index contributed by atoms with van der Waals surface area (Å²) in [5, 5.41) is 0. The van der Waals surface area contributed by atoms with Crippen molar-refractivity contribution >= 4 is 13.6 Å². The second kappa shape index (κ2) is 7.74. The summed E-state index contributed by atoms with van der Waals surface area (Å²) >= 11 is 0. The lowest BCUT2D eigenvalue weighted by atomic mass is 10.3. The van der Waals surface area contributed by atoms with E-state index in [4.69, 9.17) is 9.47 Å². The van der Waals surface area contributed by atoms with E-state index in [-0.39, 0.29) is 6.61 Å². The van der Waals surface area contributed by atoms with Crippen LogP contribution in [0.15, 0.2) is 42.4 Å². The Hall–Kier alpha value is -1.62. The molecule has 0 amide bonds. The maximum Gasteiger partial charge on any atom is 0.356 e. The smallest absolute Gasteiger partial charge is 0.356 e. The molecule has 1 aromatic carbocycles. The molecule has 19 heavy (non-hydrogen) atoms. The lowest BCUT2D eigenvalue weighted by Crippen LogP contribution is -2.13. The third-order valence-corrected chi connectivity index (χ3v) is 3.53. The Morgan fingerprint density at radius 2 is 1.84 bits per heavy atom. The standard InChI is InChI=1S/C12H15O6P/c1-15-19(14,16-2)9-8-17-10-12(13)18-11-6-4-3-5-7-11/h3-9H,10H2,1-2H3. The number of carbonyl (C=O) groups excluding carboxylic acids is 1. The van der Waals surface area contributed by atoms with Gasteiger partial charge in [-0.05, 0) is 12.1 Å². The van der Waals surface area contributed by atoms with E-state index in [9.17, 15) is 9.36 Å².